The third kappa shape index (κ3) is 3.75. The van der Waals surface area contributed by atoms with Crippen molar-refractivity contribution in [3.05, 3.63) is 0 Å². The van der Waals surface area contributed by atoms with E-state index in [1.807, 2.05) is 18.0 Å². The van der Waals surface area contributed by atoms with Crippen LogP contribution >= 0.6 is 0 Å². The summed E-state index contributed by atoms with van der Waals surface area (Å²) in [4.78, 5) is 13.3. The minimum Gasteiger partial charge on any atom is -1.00 e. The van der Waals surface area contributed by atoms with E-state index in [4.69, 9.17) is 5.26 Å². The van der Waals surface area contributed by atoms with E-state index in [0.717, 1.165) is 13.1 Å². The third-order valence-corrected chi connectivity index (χ3v) is 2.14. The number of hydrogen-bond acceptors (Lipinski definition) is 4. The van der Waals surface area contributed by atoms with Crippen molar-refractivity contribution in [1.29, 1.82) is 5.26 Å². The van der Waals surface area contributed by atoms with Crippen molar-refractivity contribution >= 4 is 5.78 Å². The van der Waals surface area contributed by atoms with E-state index in [2.05, 4.69) is 5.32 Å². The van der Waals surface area contributed by atoms with Gasteiger partial charge in [-0.05, 0) is 7.05 Å². The summed E-state index contributed by atoms with van der Waals surface area (Å²) in [5.41, 5.74) is 0. The Hall–Kier alpha value is 0.0800. The Morgan fingerprint density at radius 1 is 1.85 bits per heavy atom. The quantitative estimate of drug-likeness (QED) is 0.460. The van der Waals surface area contributed by atoms with Gasteiger partial charge in [0.1, 0.15) is 0 Å². The van der Waals surface area contributed by atoms with E-state index in [9.17, 15) is 4.79 Å². The van der Waals surface area contributed by atoms with E-state index in [1.54, 1.807) is 0 Å². The molecular formula is C8H14N3NaO. The zero-order valence-corrected chi connectivity index (χ0v) is 10.2. The molecule has 1 rings (SSSR count). The summed E-state index contributed by atoms with van der Waals surface area (Å²) in [7, 11) is 1.92. The molecule has 1 aliphatic heterocycles. The normalized spacial score (nSPS) is 22.9. The standard InChI is InChI=1S/C8H13N3O.Na.H/c1-11-5-4-10-6-7(11)8(12)2-3-9;;/h7,10H,2,4-6H2,1H3;;/q;+1;-1. The summed E-state index contributed by atoms with van der Waals surface area (Å²) in [5, 5.41) is 11.5. The molecular weight excluding hydrogens is 177 g/mol. The fourth-order valence-corrected chi connectivity index (χ4v) is 1.36. The first-order chi connectivity index (χ1) is 5.75. The number of ketones is 1. The molecule has 0 aromatic carbocycles. The summed E-state index contributed by atoms with van der Waals surface area (Å²) in [6.45, 7) is 2.48. The van der Waals surface area contributed by atoms with Crippen molar-refractivity contribution in [3.63, 3.8) is 0 Å². The van der Waals surface area contributed by atoms with Gasteiger partial charge in [0.15, 0.2) is 5.78 Å². The van der Waals surface area contributed by atoms with Gasteiger partial charge in [-0.3, -0.25) is 9.69 Å². The van der Waals surface area contributed by atoms with Crippen molar-refractivity contribution in [2.24, 2.45) is 0 Å². The average molecular weight is 191 g/mol. The van der Waals surface area contributed by atoms with E-state index in [-0.39, 0.29) is 49.2 Å². The molecule has 4 nitrogen and oxygen atoms in total. The van der Waals surface area contributed by atoms with Gasteiger partial charge in [-0.1, -0.05) is 0 Å². The zero-order chi connectivity index (χ0) is 8.97. The van der Waals surface area contributed by atoms with Crippen LogP contribution in [0.15, 0.2) is 0 Å². The van der Waals surface area contributed by atoms with Crippen molar-refractivity contribution in [1.82, 2.24) is 10.2 Å². The largest absolute Gasteiger partial charge is 1.00 e. The number of piperazine rings is 1. The van der Waals surface area contributed by atoms with E-state index in [0.29, 0.717) is 6.54 Å². The van der Waals surface area contributed by atoms with Gasteiger partial charge in [0.25, 0.3) is 0 Å². The molecule has 0 aromatic heterocycles. The Morgan fingerprint density at radius 3 is 3.08 bits per heavy atom. The maximum absolute atomic E-state index is 11.3. The molecule has 5 heteroatoms. The second-order valence-corrected chi connectivity index (χ2v) is 3.00. The van der Waals surface area contributed by atoms with Gasteiger partial charge in [-0.15, -0.1) is 0 Å². The number of rotatable bonds is 2. The predicted octanol–water partition coefficient (Wildman–Crippen LogP) is -3.51. The molecule has 1 heterocycles. The van der Waals surface area contributed by atoms with E-state index in [1.165, 1.54) is 0 Å². The Balaban J connectivity index is 0. The van der Waals surface area contributed by atoms with E-state index < -0.39 is 0 Å². The summed E-state index contributed by atoms with van der Waals surface area (Å²) >= 11 is 0. The number of Topliss-reactive ketones (excluding diaryl/α,β-unsaturated/α-hetero) is 1. The number of hydrogen-bond donors (Lipinski definition) is 1. The summed E-state index contributed by atoms with van der Waals surface area (Å²) < 4.78 is 0. The first-order valence-electron chi connectivity index (χ1n) is 4.06. The van der Waals surface area contributed by atoms with Crippen LogP contribution in [0.4, 0.5) is 0 Å². The minimum atomic E-state index is -0.0987. The fourth-order valence-electron chi connectivity index (χ4n) is 1.36. The van der Waals surface area contributed by atoms with Crippen LogP contribution < -0.4 is 34.9 Å². The van der Waals surface area contributed by atoms with E-state index >= 15 is 0 Å². The van der Waals surface area contributed by atoms with Crippen molar-refractivity contribution in [3.8, 4) is 6.07 Å². The van der Waals surface area contributed by atoms with Gasteiger partial charge in [-0.25, -0.2) is 0 Å². The van der Waals surface area contributed by atoms with Crippen molar-refractivity contribution in [2.75, 3.05) is 26.7 Å². The summed E-state index contributed by atoms with van der Waals surface area (Å²) in [6, 6.07) is 1.78. The molecule has 0 saturated carbocycles. The Morgan fingerprint density at radius 2 is 2.54 bits per heavy atom. The van der Waals surface area contributed by atoms with Gasteiger partial charge in [0.2, 0.25) is 0 Å². The third-order valence-electron chi connectivity index (χ3n) is 2.14. The topological polar surface area (TPSA) is 56.1 Å². The maximum atomic E-state index is 11.3. The fraction of sp³-hybridized carbons (Fsp3) is 0.750. The molecule has 1 atom stereocenters. The smallest absolute Gasteiger partial charge is 1.00 e. The van der Waals surface area contributed by atoms with Gasteiger partial charge < -0.3 is 6.74 Å². The molecule has 0 radical (unpaired) electrons. The molecule has 1 aliphatic rings. The van der Waals surface area contributed by atoms with Crippen LogP contribution in [0, 0.1) is 11.3 Å². The Labute approximate surface area is 102 Å². The monoisotopic (exact) mass is 191 g/mol. The molecule has 0 bridgehead atoms. The molecule has 1 saturated heterocycles. The predicted molar refractivity (Wildman–Crippen MR) is 45.6 cm³/mol. The van der Waals surface area contributed by atoms with Gasteiger partial charge >= 0.3 is 29.6 Å². The second-order valence-electron chi connectivity index (χ2n) is 3.00. The minimum absolute atomic E-state index is 0. The molecule has 1 N–H and O–H groups in total. The van der Waals surface area contributed by atoms with Crippen LogP contribution in [0.1, 0.15) is 7.85 Å². The summed E-state index contributed by atoms with van der Waals surface area (Å²) in [5.74, 6) is 0.0206. The maximum Gasteiger partial charge on any atom is 1.00 e. The molecule has 1 unspecified atom stereocenters. The number of nitrogens with one attached hydrogen (secondary N) is 1. The number of carbonyl (C=O) groups is 1. The molecule has 68 valence electrons. The van der Waals surface area contributed by atoms with Crippen LogP contribution in [0.3, 0.4) is 0 Å². The molecule has 13 heavy (non-hydrogen) atoms. The first kappa shape index (κ1) is 13.1. The molecule has 0 amide bonds. The van der Waals surface area contributed by atoms with Crippen LogP contribution in [-0.2, 0) is 4.79 Å². The number of likely N-dealkylation sites (N-methyl/N-ethyl adjacent to an activating group) is 1. The van der Waals surface area contributed by atoms with Crippen molar-refractivity contribution in [2.45, 2.75) is 12.5 Å². The summed E-state index contributed by atoms with van der Waals surface area (Å²) in [6.07, 6.45) is 0.0245. The zero-order valence-electron chi connectivity index (χ0n) is 9.21. The van der Waals surface area contributed by atoms with Crippen LogP contribution in [0.2, 0.25) is 0 Å². The Kier molecular flexibility index (Phi) is 6.56. The van der Waals surface area contributed by atoms with Gasteiger partial charge in [0, 0.05) is 19.6 Å². The number of nitrogens with zero attached hydrogens (tertiary/aromatic N) is 2. The number of nitriles is 1. The van der Waals surface area contributed by atoms with Crippen LogP contribution in [-0.4, -0.2) is 43.4 Å². The Bertz CT molecular complexity index is 219. The first-order valence-corrected chi connectivity index (χ1v) is 4.06. The molecule has 0 aromatic rings. The average Bonchev–Trinajstić information content (AvgIpc) is 2.05. The molecule has 1 fully saturated rings. The SMILES string of the molecule is CN1CCNCC1C(=O)CC#N.[H-].[Na+]. The van der Waals surface area contributed by atoms with Gasteiger partial charge in [0.05, 0.1) is 18.5 Å². The van der Waals surface area contributed by atoms with Crippen LogP contribution in [0.25, 0.3) is 0 Å². The van der Waals surface area contributed by atoms with Crippen molar-refractivity contribution < 1.29 is 35.8 Å². The molecule has 0 spiro atoms. The number of carbonyl (C=O) groups excluding carboxylic acids is 1. The second kappa shape index (κ2) is 6.52. The van der Waals surface area contributed by atoms with Crippen LogP contribution in [0.5, 0.6) is 0 Å². The van der Waals surface area contributed by atoms with Gasteiger partial charge in [-0.2, -0.15) is 5.26 Å². The molecule has 0 aliphatic carbocycles.